The summed E-state index contributed by atoms with van der Waals surface area (Å²) < 4.78 is 0. The molecule has 0 amide bonds. The number of aromatic nitrogens is 2. The van der Waals surface area contributed by atoms with Crippen LogP contribution in [0.5, 0.6) is 0 Å². The Morgan fingerprint density at radius 1 is 1.21 bits per heavy atom. The molecule has 19 heavy (non-hydrogen) atoms. The zero-order valence-corrected chi connectivity index (χ0v) is 13.1. The van der Waals surface area contributed by atoms with Crippen LogP contribution in [-0.4, -0.2) is 23.1 Å². The van der Waals surface area contributed by atoms with Crippen molar-refractivity contribution in [2.75, 3.05) is 18.0 Å². The number of rotatable bonds is 1. The molecule has 5 heteroatoms. The molecule has 3 rings (SSSR count). The van der Waals surface area contributed by atoms with Crippen molar-refractivity contribution < 1.29 is 0 Å². The van der Waals surface area contributed by atoms with E-state index in [1.807, 2.05) is 0 Å². The zero-order valence-electron chi connectivity index (χ0n) is 11.5. The predicted molar refractivity (Wildman–Crippen MR) is 82.6 cm³/mol. The maximum Gasteiger partial charge on any atom is 0.143 e. The van der Waals surface area contributed by atoms with Gasteiger partial charge in [0.05, 0.1) is 11.1 Å². The first kappa shape index (κ1) is 13.1. The summed E-state index contributed by atoms with van der Waals surface area (Å²) in [5, 5.41) is 1.62. The fourth-order valence-electron chi connectivity index (χ4n) is 2.64. The minimum Gasteiger partial charge on any atom is -0.370 e. The third kappa shape index (κ3) is 2.21. The summed E-state index contributed by atoms with van der Waals surface area (Å²) in [5.41, 5.74) is 1.38. The second-order valence-electron chi connectivity index (χ2n) is 6.07. The molecule has 0 bridgehead atoms. The molecular formula is C14H18ClN3S. The van der Waals surface area contributed by atoms with Gasteiger partial charge in [-0.1, -0.05) is 32.4 Å². The van der Waals surface area contributed by atoms with Crippen molar-refractivity contribution in [1.29, 1.82) is 0 Å². The molecule has 3 heterocycles. The molecule has 0 N–H and O–H groups in total. The summed E-state index contributed by atoms with van der Waals surface area (Å²) in [6.07, 6.45) is 4.07. The van der Waals surface area contributed by atoms with Crippen molar-refractivity contribution >= 4 is 38.8 Å². The van der Waals surface area contributed by atoms with Crippen LogP contribution < -0.4 is 4.90 Å². The van der Waals surface area contributed by atoms with Crippen LogP contribution in [0.1, 0.15) is 38.5 Å². The van der Waals surface area contributed by atoms with Gasteiger partial charge in [0.2, 0.25) is 0 Å². The first-order valence-electron chi connectivity index (χ1n) is 6.67. The smallest absolute Gasteiger partial charge is 0.143 e. The number of fused-ring (bicyclic) bond motifs is 1. The molecule has 102 valence electrons. The highest BCUT2D eigenvalue weighted by atomic mass is 35.5. The van der Waals surface area contributed by atoms with Gasteiger partial charge in [-0.05, 0) is 18.3 Å². The Balaban J connectivity index is 2.30. The van der Waals surface area contributed by atoms with E-state index in [0.29, 0.717) is 5.15 Å². The van der Waals surface area contributed by atoms with Gasteiger partial charge in [0.15, 0.2) is 0 Å². The maximum absolute atomic E-state index is 6.33. The van der Waals surface area contributed by atoms with E-state index in [0.717, 1.165) is 23.3 Å². The van der Waals surface area contributed by atoms with E-state index in [1.54, 1.807) is 17.7 Å². The van der Waals surface area contributed by atoms with E-state index in [4.69, 9.17) is 11.6 Å². The Bertz CT molecular complexity index is 609. The van der Waals surface area contributed by atoms with E-state index in [-0.39, 0.29) is 5.41 Å². The minimum absolute atomic E-state index is 0.104. The van der Waals surface area contributed by atoms with E-state index >= 15 is 0 Å². The van der Waals surface area contributed by atoms with Gasteiger partial charge in [-0.15, -0.1) is 11.3 Å². The average molecular weight is 296 g/mol. The third-order valence-electron chi connectivity index (χ3n) is 3.52. The van der Waals surface area contributed by atoms with E-state index < -0.39 is 0 Å². The Morgan fingerprint density at radius 3 is 2.53 bits per heavy atom. The fourth-order valence-corrected chi connectivity index (χ4v) is 4.14. The van der Waals surface area contributed by atoms with Crippen LogP contribution in [0.25, 0.3) is 10.2 Å². The first-order chi connectivity index (χ1) is 8.98. The van der Waals surface area contributed by atoms with Crippen molar-refractivity contribution in [3.63, 3.8) is 0 Å². The van der Waals surface area contributed by atoms with Gasteiger partial charge < -0.3 is 4.90 Å². The number of nitrogens with zero attached hydrogens (tertiary/aromatic N) is 3. The summed E-state index contributed by atoms with van der Waals surface area (Å²) in [6.45, 7) is 8.97. The molecule has 0 aromatic carbocycles. The maximum atomic E-state index is 6.33. The van der Waals surface area contributed by atoms with E-state index in [1.165, 1.54) is 23.4 Å². The molecular weight excluding hydrogens is 278 g/mol. The molecule has 0 saturated carbocycles. The molecule has 1 aliphatic heterocycles. The Labute approximate surface area is 122 Å². The molecule has 2 aromatic rings. The number of thiophene rings is 1. The molecule has 0 aliphatic carbocycles. The van der Waals surface area contributed by atoms with Crippen molar-refractivity contribution in [2.45, 2.75) is 39.0 Å². The Morgan fingerprint density at radius 2 is 1.89 bits per heavy atom. The van der Waals surface area contributed by atoms with E-state index in [2.05, 4.69) is 35.6 Å². The SMILES string of the molecule is CC(C)(C)c1sc2ncnc(Cl)c2c1N1CCCC1. The summed E-state index contributed by atoms with van der Waals surface area (Å²) in [4.78, 5) is 13.4. The van der Waals surface area contributed by atoms with Crippen LogP contribution >= 0.6 is 22.9 Å². The van der Waals surface area contributed by atoms with Crippen molar-refractivity contribution in [3.05, 3.63) is 16.4 Å². The van der Waals surface area contributed by atoms with Crippen LogP contribution in [0.15, 0.2) is 6.33 Å². The monoisotopic (exact) mass is 295 g/mol. The van der Waals surface area contributed by atoms with E-state index in [9.17, 15) is 0 Å². The van der Waals surface area contributed by atoms with Crippen molar-refractivity contribution in [3.8, 4) is 0 Å². The van der Waals surface area contributed by atoms with Crippen LogP contribution in [-0.2, 0) is 5.41 Å². The topological polar surface area (TPSA) is 29.0 Å². The molecule has 0 radical (unpaired) electrons. The lowest BCUT2D eigenvalue weighted by Gasteiger charge is -2.25. The highest BCUT2D eigenvalue weighted by molar-refractivity contribution is 7.19. The lowest BCUT2D eigenvalue weighted by atomic mass is 9.93. The Hall–Kier alpha value is -0.870. The molecule has 3 nitrogen and oxygen atoms in total. The van der Waals surface area contributed by atoms with Gasteiger partial charge >= 0.3 is 0 Å². The largest absolute Gasteiger partial charge is 0.370 e. The van der Waals surface area contributed by atoms with Crippen LogP contribution in [0.4, 0.5) is 5.69 Å². The molecule has 0 atom stereocenters. The molecule has 0 unspecified atom stereocenters. The second kappa shape index (κ2) is 4.60. The third-order valence-corrected chi connectivity index (χ3v) is 5.32. The molecule has 0 spiro atoms. The summed E-state index contributed by atoms with van der Waals surface area (Å²) in [6, 6.07) is 0. The van der Waals surface area contributed by atoms with Gasteiger partial charge in [-0.3, -0.25) is 0 Å². The lowest BCUT2D eigenvalue weighted by molar-refractivity contribution is 0.603. The van der Waals surface area contributed by atoms with Crippen LogP contribution in [0, 0.1) is 0 Å². The number of halogens is 1. The van der Waals surface area contributed by atoms with Crippen molar-refractivity contribution in [2.24, 2.45) is 0 Å². The lowest BCUT2D eigenvalue weighted by Crippen LogP contribution is -2.22. The quantitative estimate of drug-likeness (QED) is 0.737. The zero-order chi connectivity index (χ0) is 13.6. The first-order valence-corrected chi connectivity index (χ1v) is 7.86. The van der Waals surface area contributed by atoms with Gasteiger partial charge in [0.1, 0.15) is 16.3 Å². The molecule has 1 saturated heterocycles. The van der Waals surface area contributed by atoms with Gasteiger partial charge in [0.25, 0.3) is 0 Å². The Kier molecular flexibility index (Phi) is 3.18. The van der Waals surface area contributed by atoms with Crippen molar-refractivity contribution in [1.82, 2.24) is 9.97 Å². The van der Waals surface area contributed by atoms with Crippen LogP contribution in [0.2, 0.25) is 5.15 Å². The number of hydrogen-bond acceptors (Lipinski definition) is 4. The number of anilines is 1. The predicted octanol–water partition coefficient (Wildman–Crippen LogP) is 4.24. The molecule has 2 aromatic heterocycles. The second-order valence-corrected chi connectivity index (χ2v) is 7.43. The minimum atomic E-state index is 0.104. The summed E-state index contributed by atoms with van der Waals surface area (Å²) >= 11 is 8.09. The van der Waals surface area contributed by atoms with Gasteiger partial charge in [-0.25, -0.2) is 9.97 Å². The summed E-state index contributed by atoms with van der Waals surface area (Å²) in [7, 11) is 0. The normalized spacial score (nSPS) is 16.5. The highest BCUT2D eigenvalue weighted by Gasteiger charge is 2.29. The fraction of sp³-hybridized carbons (Fsp3) is 0.571. The average Bonchev–Trinajstić information content (AvgIpc) is 2.94. The molecule has 1 aliphatic rings. The van der Waals surface area contributed by atoms with Crippen LogP contribution in [0.3, 0.4) is 0 Å². The molecule has 1 fully saturated rings. The number of hydrogen-bond donors (Lipinski definition) is 0. The summed E-state index contributed by atoms with van der Waals surface area (Å²) in [5.74, 6) is 0. The standard InChI is InChI=1S/C14H18ClN3S/c1-14(2,3)11-10(18-6-4-5-7-18)9-12(15)16-8-17-13(9)19-11/h8H,4-7H2,1-3H3. The van der Waals surface area contributed by atoms with Gasteiger partial charge in [0, 0.05) is 18.0 Å². The van der Waals surface area contributed by atoms with Gasteiger partial charge in [-0.2, -0.15) is 0 Å². The highest BCUT2D eigenvalue weighted by Crippen LogP contribution is 2.46.